The van der Waals surface area contributed by atoms with E-state index in [1.54, 1.807) is 0 Å². The van der Waals surface area contributed by atoms with Crippen molar-refractivity contribution in [3.8, 4) is 0 Å². The maximum Gasteiger partial charge on any atom is 0.336 e. The van der Waals surface area contributed by atoms with Crippen LogP contribution in [0.2, 0.25) is 0 Å². The second-order valence-corrected chi connectivity index (χ2v) is 9.57. The molecule has 16 nitrogen and oxygen atoms in total. The zero-order valence-electron chi connectivity index (χ0n) is 25.6. The van der Waals surface area contributed by atoms with E-state index in [0.29, 0.717) is 12.1 Å². The third kappa shape index (κ3) is 9.09. The summed E-state index contributed by atoms with van der Waals surface area (Å²) in [4.78, 5) is 61.2. The van der Waals surface area contributed by atoms with E-state index in [0.717, 1.165) is 44.1 Å². The predicted octanol–water partition coefficient (Wildman–Crippen LogP) is 2.75. The Hall–Kier alpha value is -6.98. The van der Waals surface area contributed by atoms with Gasteiger partial charge < -0.3 is 42.3 Å². The molecule has 7 aromatic rings. The van der Waals surface area contributed by atoms with Gasteiger partial charge >= 0.3 is 23.9 Å². The van der Waals surface area contributed by atoms with Crippen LogP contribution in [0.1, 0.15) is 41.4 Å². The Bertz CT molecular complexity index is 1900. The molecule has 0 aliphatic heterocycles. The summed E-state index contributed by atoms with van der Waals surface area (Å²) < 4.78 is 0. The van der Waals surface area contributed by atoms with Crippen LogP contribution in [0.3, 0.4) is 0 Å². The number of aromatic nitrogens is 4. The van der Waals surface area contributed by atoms with Crippen molar-refractivity contribution >= 4 is 68.0 Å². The number of benzene rings is 5. The maximum atomic E-state index is 10.8. The van der Waals surface area contributed by atoms with Gasteiger partial charge in [0, 0.05) is 0 Å². The lowest BCUT2D eigenvalue weighted by Gasteiger charge is -2.06. The van der Waals surface area contributed by atoms with E-state index >= 15 is 0 Å². The zero-order chi connectivity index (χ0) is 32.8. The van der Waals surface area contributed by atoms with Gasteiger partial charge in [0.15, 0.2) is 0 Å². The third-order valence-corrected chi connectivity index (χ3v) is 6.57. The first-order chi connectivity index (χ1) is 22.1. The van der Waals surface area contributed by atoms with E-state index in [9.17, 15) is 19.2 Å². The molecule has 0 radical (unpaired) electrons. The Labute approximate surface area is 280 Å². The maximum absolute atomic E-state index is 10.8. The van der Waals surface area contributed by atoms with E-state index in [1.807, 2.05) is 97.1 Å². The molecule has 0 aliphatic carbocycles. The van der Waals surface area contributed by atoms with Crippen molar-refractivity contribution in [2.75, 3.05) is 0 Å². The van der Waals surface area contributed by atoms with Crippen LogP contribution in [0.25, 0.3) is 44.1 Å². The number of hydrogen-bond donors (Lipinski definition) is 4. The number of carboxylic acids is 4. The van der Waals surface area contributed by atoms with Gasteiger partial charge in [0.25, 0.3) is 0 Å². The molecule has 5 aromatic carbocycles. The zero-order valence-corrected chi connectivity index (χ0v) is 25.6. The first kappa shape index (κ1) is 41.0. The number of para-hydroxylation sites is 8. The summed E-state index contributed by atoms with van der Waals surface area (Å²) >= 11 is 0. The lowest BCUT2D eigenvalue weighted by Crippen LogP contribution is -2.15. The fourth-order valence-electron chi connectivity index (χ4n) is 4.44. The molecule has 7 rings (SSSR count). The fourth-order valence-corrected chi connectivity index (χ4v) is 4.44. The van der Waals surface area contributed by atoms with Crippen molar-refractivity contribution in [2.24, 2.45) is 0 Å². The van der Waals surface area contributed by atoms with Gasteiger partial charge in [0.1, 0.15) is 0 Å². The quantitative estimate of drug-likeness (QED) is 0.194. The topological polar surface area (TPSA) is 327 Å². The van der Waals surface area contributed by atoms with E-state index < -0.39 is 46.1 Å². The number of aromatic carboxylic acids is 4. The Morgan fingerprint density at radius 1 is 0.320 bits per heavy atom. The number of nitrogens with zero attached hydrogens (tertiary/aromatic N) is 4. The van der Waals surface area contributed by atoms with Gasteiger partial charge in [-0.25, -0.2) is 39.1 Å². The van der Waals surface area contributed by atoms with Gasteiger partial charge in [0.05, 0.1) is 66.4 Å². The number of fused-ring (bicyclic) bond motifs is 4. The molecule has 16 heteroatoms. The molecule has 50 heavy (non-hydrogen) atoms. The highest BCUT2D eigenvalue weighted by molar-refractivity contribution is 6.09. The Kier molecular flexibility index (Phi) is 14.6. The molecule has 258 valence electrons. The lowest BCUT2D eigenvalue weighted by molar-refractivity contribution is 0.0637. The molecule has 0 unspecified atom stereocenters. The highest BCUT2D eigenvalue weighted by Gasteiger charge is 2.25. The standard InChI is InChI=1S/2C12H8N2.C10H6O8.4H2O/c2*1-2-6-10-9(5-1)13-11-7-3-4-8-12(11)14-10;11-7(12)3-1-4(8(13)14)6(10(17)18)2-5(3)9(15)16;;;;/h2*1-8H;1-2H,(H,11,12)(H,13,14)(H,15,16)(H,17,18);4*1H2. The van der Waals surface area contributed by atoms with Crippen LogP contribution < -0.4 is 0 Å². The Morgan fingerprint density at radius 2 is 0.460 bits per heavy atom. The molecule has 0 atom stereocenters. The van der Waals surface area contributed by atoms with Crippen LogP contribution in [-0.2, 0) is 0 Å². The summed E-state index contributed by atoms with van der Waals surface area (Å²) in [5.41, 5.74) is 4.45. The van der Waals surface area contributed by atoms with E-state index in [2.05, 4.69) is 19.9 Å². The number of hydrogen-bond acceptors (Lipinski definition) is 8. The van der Waals surface area contributed by atoms with Crippen molar-refractivity contribution in [2.45, 2.75) is 0 Å². The van der Waals surface area contributed by atoms with Crippen LogP contribution in [0.5, 0.6) is 0 Å². The highest BCUT2D eigenvalue weighted by Crippen LogP contribution is 2.19. The average Bonchev–Trinajstić information content (AvgIpc) is 3.06. The second kappa shape index (κ2) is 17.8. The Morgan fingerprint density at radius 3 is 0.580 bits per heavy atom. The third-order valence-electron chi connectivity index (χ3n) is 6.57. The van der Waals surface area contributed by atoms with Crippen molar-refractivity contribution in [3.05, 3.63) is 131 Å². The normalized spacial score (nSPS) is 9.60. The highest BCUT2D eigenvalue weighted by atomic mass is 16.4. The minimum absolute atomic E-state index is 0. The number of carboxylic acid groups (broad SMARTS) is 4. The van der Waals surface area contributed by atoms with Crippen molar-refractivity contribution < 1.29 is 61.5 Å². The number of rotatable bonds is 4. The van der Waals surface area contributed by atoms with Crippen molar-refractivity contribution in [1.82, 2.24) is 19.9 Å². The molecular weight excluding hydrogens is 656 g/mol. The summed E-state index contributed by atoms with van der Waals surface area (Å²) in [5, 5.41) is 35.0. The molecule has 0 saturated carbocycles. The first-order valence-electron chi connectivity index (χ1n) is 13.5. The van der Waals surface area contributed by atoms with Crippen LogP contribution in [0, 0.1) is 0 Å². The fraction of sp³-hybridized carbons (Fsp3) is 0. The summed E-state index contributed by atoms with van der Waals surface area (Å²) in [7, 11) is 0. The van der Waals surface area contributed by atoms with Crippen molar-refractivity contribution in [1.29, 1.82) is 0 Å². The summed E-state index contributed by atoms with van der Waals surface area (Å²) in [6, 6.07) is 32.7. The summed E-state index contributed by atoms with van der Waals surface area (Å²) in [6.45, 7) is 0. The van der Waals surface area contributed by atoms with Gasteiger partial charge in [-0.1, -0.05) is 48.5 Å². The molecule has 0 saturated heterocycles. The number of carbonyl (C=O) groups is 4. The Balaban J connectivity index is 0.000000363. The van der Waals surface area contributed by atoms with Crippen LogP contribution in [0.15, 0.2) is 109 Å². The molecule has 2 aromatic heterocycles. The van der Waals surface area contributed by atoms with Crippen LogP contribution in [0.4, 0.5) is 0 Å². The van der Waals surface area contributed by atoms with Crippen LogP contribution >= 0.6 is 0 Å². The van der Waals surface area contributed by atoms with Gasteiger partial charge in [0.2, 0.25) is 0 Å². The summed E-state index contributed by atoms with van der Waals surface area (Å²) in [5.74, 6) is -6.64. The molecule has 2 heterocycles. The lowest BCUT2D eigenvalue weighted by atomic mass is 9.98. The van der Waals surface area contributed by atoms with E-state index in [-0.39, 0.29) is 21.9 Å². The molecule has 0 fully saturated rings. The van der Waals surface area contributed by atoms with E-state index in [1.165, 1.54) is 0 Å². The second-order valence-electron chi connectivity index (χ2n) is 9.57. The van der Waals surface area contributed by atoms with Gasteiger partial charge in [-0.05, 0) is 60.7 Å². The minimum atomic E-state index is -1.66. The SMILES string of the molecule is O.O.O.O.O=C(O)c1cc(C(=O)O)c(C(=O)O)cc1C(=O)O.c1ccc2nc3ccccc3nc2c1.c1ccc2nc3ccccc3nc2c1. The first-order valence-corrected chi connectivity index (χ1v) is 13.5. The monoisotopic (exact) mass is 686 g/mol. The van der Waals surface area contributed by atoms with Gasteiger partial charge in [-0.2, -0.15) is 0 Å². The predicted molar refractivity (Wildman–Crippen MR) is 183 cm³/mol. The summed E-state index contributed by atoms with van der Waals surface area (Å²) in [6.07, 6.45) is 0. The van der Waals surface area contributed by atoms with Gasteiger partial charge in [-0.3, -0.25) is 0 Å². The van der Waals surface area contributed by atoms with Crippen molar-refractivity contribution in [3.63, 3.8) is 0 Å². The van der Waals surface area contributed by atoms with Gasteiger partial charge in [-0.15, -0.1) is 0 Å². The molecule has 0 aliphatic rings. The minimum Gasteiger partial charge on any atom is -0.478 e. The largest absolute Gasteiger partial charge is 0.478 e. The molecule has 0 amide bonds. The molecule has 0 bridgehead atoms. The molecule has 12 N–H and O–H groups in total. The average molecular weight is 687 g/mol. The molecular formula is C34H30N4O12. The van der Waals surface area contributed by atoms with E-state index in [4.69, 9.17) is 20.4 Å². The smallest absolute Gasteiger partial charge is 0.336 e. The molecule has 0 spiro atoms. The van der Waals surface area contributed by atoms with Crippen LogP contribution in [-0.4, -0.2) is 86.1 Å².